The van der Waals surface area contributed by atoms with E-state index in [-0.39, 0.29) is 18.2 Å². The molecule has 0 aliphatic carbocycles. The van der Waals surface area contributed by atoms with Gasteiger partial charge in [-0.05, 0) is 37.0 Å². The SMILES string of the molecule is CCCCCCNC(=O)CC(Sc1nc2ccc(CC)cc2s1)C(=O)NCCCCCC. The summed E-state index contributed by atoms with van der Waals surface area (Å²) in [4.78, 5) is 30.1. The number of hydrogen-bond acceptors (Lipinski definition) is 5. The minimum absolute atomic E-state index is 0.0606. The molecule has 5 nitrogen and oxygen atoms in total. The van der Waals surface area contributed by atoms with Gasteiger partial charge in [0.2, 0.25) is 11.8 Å². The standard InChI is InChI=1S/C25H39N3O2S2/c1-4-7-9-11-15-26-23(29)18-22(24(30)27-16-12-10-8-5-2)32-25-28-20-14-13-19(6-3)17-21(20)31-25/h13-14,17,22H,4-12,15-16,18H2,1-3H3,(H,26,29)(H,27,30). The van der Waals surface area contributed by atoms with Crippen molar-refractivity contribution in [3.05, 3.63) is 23.8 Å². The lowest BCUT2D eigenvalue weighted by atomic mass is 10.2. The Morgan fingerprint density at radius 2 is 1.66 bits per heavy atom. The van der Waals surface area contributed by atoms with Crippen LogP contribution in [0.15, 0.2) is 22.5 Å². The first kappa shape index (κ1) is 26.7. The van der Waals surface area contributed by atoms with Gasteiger partial charge in [0.1, 0.15) is 0 Å². The number of unbranched alkanes of at least 4 members (excludes halogenated alkanes) is 6. The summed E-state index contributed by atoms with van der Waals surface area (Å²) in [6.45, 7) is 7.82. The van der Waals surface area contributed by atoms with E-state index in [2.05, 4.69) is 43.5 Å². The number of benzene rings is 1. The molecule has 0 aliphatic heterocycles. The van der Waals surface area contributed by atoms with E-state index in [9.17, 15) is 9.59 Å². The molecule has 7 heteroatoms. The molecule has 0 saturated carbocycles. The van der Waals surface area contributed by atoms with Crippen LogP contribution in [0.4, 0.5) is 0 Å². The van der Waals surface area contributed by atoms with Crippen molar-refractivity contribution in [1.82, 2.24) is 15.6 Å². The highest BCUT2D eigenvalue weighted by Crippen LogP contribution is 2.34. The number of thiazole rings is 1. The fourth-order valence-electron chi connectivity index (χ4n) is 3.43. The van der Waals surface area contributed by atoms with Gasteiger partial charge in [0.25, 0.3) is 0 Å². The zero-order valence-electron chi connectivity index (χ0n) is 19.9. The summed E-state index contributed by atoms with van der Waals surface area (Å²) in [5.74, 6) is -0.129. The molecule has 2 N–H and O–H groups in total. The highest BCUT2D eigenvalue weighted by Gasteiger charge is 2.24. The molecule has 0 bridgehead atoms. The summed E-state index contributed by atoms with van der Waals surface area (Å²) in [7, 11) is 0. The number of aromatic nitrogens is 1. The van der Waals surface area contributed by atoms with Crippen LogP contribution in [-0.4, -0.2) is 35.1 Å². The quantitative estimate of drug-likeness (QED) is 0.226. The Kier molecular flexibility index (Phi) is 12.7. The van der Waals surface area contributed by atoms with Gasteiger partial charge < -0.3 is 10.6 Å². The predicted molar refractivity (Wildman–Crippen MR) is 138 cm³/mol. The molecule has 178 valence electrons. The Balaban J connectivity index is 1.99. The average Bonchev–Trinajstić information content (AvgIpc) is 3.19. The number of rotatable bonds is 16. The minimum atomic E-state index is -0.469. The van der Waals surface area contributed by atoms with Crippen molar-refractivity contribution in [2.24, 2.45) is 0 Å². The predicted octanol–water partition coefficient (Wildman–Crippen LogP) is 6.10. The van der Waals surface area contributed by atoms with Gasteiger partial charge in [-0.25, -0.2) is 4.98 Å². The molecule has 0 aliphatic rings. The van der Waals surface area contributed by atoms with Gasteiger partial charge in [-0.2, -0.15) is 0 Å². The second-order valence-corrected chi connectivity index (χ2v) is 10.7. The fourth-order valence-corrected chi connectivity index (χ4v) is 5.82. The van der Waals surface area contributed by atoms with Crippen LogP contribution in [0.25, 0.3) is 10.2 Å². The van der Waals surface area contributed by atoms with Crippen molar-refractivity contribution in [1.29, 1.82) is 0 Å². The molecule has 2 rings (SSSR count). The number of hydrogen-bond donors (Lipinski definition) is 2. The smallest absolute Gasteiger partial charge is 0.234 e. The lowest BCUT2D eigenvalue weighted by molar-refractivity contribution is -0.125. The second-order valence-electron chi connectivity index (χ2n) is 8.21. The van der Waals surface area contributed by atoms with Crippen molar-refractivity contribution >= 4 is 45.1 Å². The Bertz CT molecular complexity index is 838. The molecule has 1 heterocycles. The van der Waals surface area contributed by atoms with Gasteiger partial charge in [-0.1, -0.05) is 77.1 Å². The van der Waals surface area contributed by atoms with Gasteiger partial charge in [-0.15, -0.1) is 11.3 Å². The molecule has 2 aromatic rings. The molecule has 0 radical (unpaired) electrons. The van der Waals surface area contributed by atoms with Gasteiger partial charge in [0.15, 0.2) is 4.34 Å². The number of aryl methyl sites for hydroxylation is 1. The second kappa shape index (κ2) is 15.3. The van der Waals surface area contributed by atoms with Crippen LogP contribution in [0.3, 0.4) is 0 Å². The summed E-state index contributed by atoms with van der Waals surface area (Å²) in [5, 5.41) is 5.56. The summed E-state index contributed by atoms with van der Waals surface area (Å²) in [6.07, 6.45) is 10.1. The van der Waals surface area contributed by atoms with Crippen LogP contribution in [-0.2, 0) is 16.0 Å². The first-order valence-corrected chi connectivity index (χ1v) is 13.9. The monoisotopic (exact) mass is 477 g/mol. The van der Waals surface area contributed by atoms with Gasteiger partial charge in [0.05, 0.1) is 15.5 Å². The maximum absolute atomic E-state index is 12.9. The van der Waals surface area contributed by atoms with E-state index in [0.29, 0.717) is 13.1 Å². The third-order valence-corrected chi connectivity index (χ3v) is 7.74. The Morgan fingerprint density at radius 1 is 0.969 bits per heavy atom. The molecule has 1 atom stereocenters. The highest BCUT2D eigenvalue weighted by molar-refractivity contribution is 8.02. The van der Waals surface area contributed by atoms with E-state index < -0.39 is 5.25 Å². The van der Waals surface area contributed by atoms with E-state index in [1.165, 1.54) is 43.0 Å². The highest BCUT2D eigenvalue weighted by atomic mass is 32.2. The average molecular weight is 478 g/mol. The van der Waals surface area contributed by atoms with Crippen molar-refractivity contribution in [3.8, 4) is 0 Å². The third-order valence-electron chi connectivity index (χ3n) is 5.43. The number of amides is 2. The van der Waals surface area contributed by atoms with Crippen molar-refractivity contribution in [2.45, 2.75) is 94.6 Å². The van der Waals surface area contributed by atoms with Crippen molar-refractivity contribution in [2.75, 3.05) is 13.1 Å². The maximum atomic E-state index is 12.9. The minimum Gasteiger partial charge on any atom is -0.356 e. The molecule has 1 aromatic heterocycles. The molecule has 0 spiro atoms. The van der Waals surface area contributed by atoms with E-state index in [4.69, 9.17) is 4.98 Å². The van der Waals surface area contributed by atoms with Crippen LogP contribution in [0.5, 0.6) is 0 Å². The number of fused-ring (bicyclic) bond motifs is 1. The summed E-state index contributed by atoms with van der Waals surface area (Å²) >= 11 is 3.02. The van der Waals surface area contributed by atoms with E-state index in [1.807, 2.05) is 6.07 Å². The summed E-state index contributed by atoms with van der Waals surface area (Å²) in [6, 6.07) is 6.31. The molecule has 0 saturated heterocycles. The molecule has 32 heavy (non-hydrogen) atoms. The molecular formula is C25H39N3O2S2. The zero-order valence-corrected chi connectivity index (χ0v) is 21.5. The van der Waals surface area contributed by atoms with Crippen molar-refractivity contribution < 1.29 is 9.59 Å². The first-order valence-electron chi connectivity index (χ1n) is 12.2. The van der Waals surface area contributed by atoms with Crippen LogP contribution in [0, 0.1) is 0 Å². The van der Waals surface area contributed by atoms with Gasteiger partial charge in [0, 0.05) is 19.5 Å². The molecular weight excluding hydrogens is 438 g/mol. The largest absolute Gasteiger partial charge is 0.356 e. The fraction of sp³-hybridized carbons (Fsp3) is 0.640. The summed E-state index contributed by atoms with van der Waals surface area (Å²) < 4.78 is 1.97. The van der Waals surface area contributed by atoms with Crippen LogP contribution < -0.4 is 10.6 Å². The number of thioether (sulfide) groups is 1. The molecule has 1 aromatic carbocycles. The van der Waals surface area contributed by atoms with E-state index in [1.54, 1.807) is 11.3 Å². The van der Waals surface area contributed by atoms with Gasteiger partial charge in [-0.3, -0.25) is 9.59 Å². The number of carbonyl (C=O) groups excluding carboxylic acids is 2. The molecule has 2 amide bonds. The normalized spacial score (nSPS) is 12.1. The van der Waals surface area contributed by atoms with Crippen LogP contribution in [0.1, 0.15) is 84.1 Å². The lowest BCUT2D eigenvalue weighted by Gasteiger charge is -2.15. The third kappa shape index (κ3) is 9.49. The first-order chi connectivity index (χ1) is 15.6. The Hall–Kier alpha value is -1.60. The number of carbonyl (C=O) groups is 2. The van der Waals surface area contributed by atoms with Crippen LogP contribution >= 0.6 is 23.1 Å². The number of nitrogens with one attached hydrogen (secondary N) is 2. The van der Waals surface area contributed by atoms with E-state index >= 15 is 0 Å². The Morgan fingerprint density at radius 3 is 2.31 bits per heavy atom. The summed E-state index contributed by atoms with van der Waals surface area (Å²) in [5.41, 5.74) is 2.23. The molecule has 0 fully saturated rings. The Labute approximate surface area is 201 Å². The molecule has 1 unspecified atom stereocenters. The lowest BCUT2D eigenvalue weighted by Crippen LogP contribution is -2.37. The topological polar surface area (TPSA) is 71.1 Å². The zero-order chi connectivity index (χ0) is 23.2. The van der Waals surface area contributed by atoms with Crippen LogP contribution in [0.2, 0.25) is 0 Å². The van der Waals surface area contributed by atoms with Crippen molar-refractivity contribution in [3.63, 3.8) is 0 Å². The van der Waals surface area contributed by atoms with Gasteiger partial charge >= 0.3 is 0 Å². The number of nitrogens with zero attached hydrogens (tertiary/aromatic N) is 1. The maximum Gasteiger partial charge on any atom is 0.234 e. The van der Waals surface area contributed by atoms with E-state index in [0.717, 1.165) is 46.7 Å².